The number of benzene rings is 2. The SMILES string of the molecule is CC(C)Cc1ccc(C(C)C(=O)OC/C=C/c2ccccc2)cc1. The molecule has 2 heteroatoms. The van der Waals surface area contributed by atoms with Crippen LogP contribution in [0.2, 0.25) is 0 Å². The van der Waals surface area contributed by atoms with Crippen LogP contribution in [0.1, 0.15) is 43.4 Å². The molecule has 0 saturated heterocycles. The highest BCUT2D eigenvalue weighted by Crippen LogP contribution is 2.19. The molecule has 0 spiro atoms. The van der Waals surface area contributed by atoms with Crippen molar-refractivity contribution in [2.24, 2.45) is 5.92 Å². The fraction of sp³-hybridized carbons (Fsp3) is 0.318. The van der Waals surface area contributed by atoms with Gasteiger partial charge in [0.05, 0.1) is 5.92 Å². The van der Waals surface area contributed by atoms with Gasteiger partial charge in [-0.3, -0.25) is 4.79 Å². The van der Waals surface area contributed by atoms with Gasteiger partial charge in [0.25, 0.3) is 0 Å². The Morgan fingerprint density at radius 1 is 1.00 bits per heavy atom. The molecule has 0 radical (unpaired) electrons. The van der Waals surface area contributed by atoms with Gasteiger partial charge in [0, 0.05) is 0 Å². The fourth-order valence-electron chi connectivity index (χ4n) is 2.55. The lowest BCUT2D eigenvalue weighted by atomic mass is 9.97. The van der Waals surface area contributed by atoms with Crippen LogP contribution in [-0.2, 0) is 16.0 Å². The molecular weight excluding hydrogens is 296 g/mol. The minimum Gasteiger partial charge on any atom is -0.461 e. The summed E-state index contributed by atoms with van der Waals surface area (Å²) in [5, 5.41) is 0. The third-order valence-electron chi connectivity index (χ3n) is 3.91. The lowest BCUT2D eigenvalue weighted by molar-refractivity contribution is -0.143. The Morgan fingerprint density at radius 2 is 1.67 bits per heavy atom. The molecule has 0 aromatic heterocycles. The summed E-state index contributed by atoms with van der Waals surface area (Å²) in [6.07, 6.45) is 4.88. The normalized spacial score (nSPS) is 12.5. The van der Waals surface area contributed by atoms with E-state index >= 15 is 0 Å². The van der Waals surface area contributed by atoms with Crippen molar-refractivity contribution in [3.63, 3.8) is 0 Å². The van der Waals surface area contributed by atoms with Gasteiger partial charge < -0.3 is 4.74 Å². The molecule has 24 heavy (non-hydrogen) atoms. The summed E-state index contributed by atoms with van der Waals surface area (Å²) in [4.78, 5) is 12.2. The monoisotopic (exact) mass is 322 g/mol. The Bertz CT molecular complexity index is 654. The smallest absolute Gasteiger partial charge is 0.313 e. The van der Waals surface area contributed by atoms with Crippen LogP contribution in [0.5, 0.6) is 0 Å². The molecule has 1 unspecified atom stereocenters. The van der Waals surface area contributed by atoms with Gasteiger partial charge in [-0.15, -0.1) is 0 Å². The second kappa shape index (κ2) is 9.07. The van der Waals surface area contributed by atoms with Gasteiger partial charge in [-0.1, -0.05) is 74.5 Å². The van der Waals surface area contributed by atoms with E-state index < -0.39 is 0 Å². The molecule has 2 aromatic rings. The van der Waals surface area contributed by atoms with E-state index in [1.807, 2.05) is 61.5 Å². The van der Waals surface area contributed by atoms with Crippen molar-refractivity contribution in [2.45, 2.75) is 33.1 Å². The van der Waals surface area contributed by atoms with Crippen LogP contribution in [0, 0.1) is 5.92 Å². The number of hydrogen-bond acceptors (Lipinski definition) is 2. The van der Waals surface area contributed by atoms with Crippen LogP contribution in [0.4, 0.5) is 0 Å². The first-order valence-electron chi connectivity index (χ1n) is 8.53. The molecule has 0 aliphatic carbocycles. The van der Waals surface area contributed by atoms with E-state index in [-0.39, 0.29) is 11.9 Å². The van der Waals surface area contributed by atoms with E-state index in [4.69, 9.17) is 4.74 Å². The first-order chi connectivity index (χ1) is 11.6. The summed E-state index contributed by atoms with van der Waals surface area (Å²) >= 11 is 0. The van der Waals surface area contributed by atoms with Crippen LogP contribution in [0.25, 0.3) is 6.08 Å². The molecule has 0 aliphatic heterocycles. The zero-order chi connectivity index (χ0) is 17.4. The van der Waals surface area contributed by atoms with Gasteiger partial charge in [-0.05, 0) is 42.0 Å². The van der Waals surface area contributed by atoms with Crippen molar-refractivity contribution >= 4 is 12.0 Å². The topological polar surface area (TPSA) is 26.3 Å². The summed E-state index contributed by atoms with van der Waals surface area (Å²) in [6.45, 7) is 6.60. The van der Waals surface area contributed by atoms with Gasteiger partial charge in [0.2, 0.25) is 0 Å². The summed E-state index contributed by atoms with van der Waals surface area (Å²) in [6, 6.07) is 18.2. The van der Waals surface area contributed by atoms with Gasteiger partial charge in [0.1, 0.15) is 6.61 Å². The minimum absolute atomic E-state index is 0.190. The van der Waals surface area contributed by atoms with Crippen LogP contribution < -0.4 is 0 Å². The predicted molar refractivity (Wildman–Crippen MR) is 99.8 cm³/mol. The molecular formula is C22H26O2. The van der Waals surface area contributed by atoms with E-state index in [1.165, 1.54) is 5.56 Å². The zero-order valence-electron chi connectivity index (χ0n) is 14.7. The molecule has 0 bridgehead atoms. The molecule has 1 atom stereocenters. The standard InChI is InChI=1S/C22H26O2/c1-17(2)16-20-11-13-21(14-12-20)18(3)22(23)24-15-7-10-19-8-5-4-6-9-19/h4-14,17-18H,15-16H2,1-3H3/b10-7+. The highest BCUT2D eigenvalue weighted by atomic mass is 16.5. The second-order valence-corrected chi connectivity index (χ2v) is 6.50. The van der Waals surface area contributed by atoms with Gasteiger partial charge >= 0.3 is 5.97 Å². The molecule has 0 fully saturated rings. The molecule has 0 aliphatic rings. The maximum absolute atomic E-state index is 12.2. The van der Waals surface area contributed by atoms with Gasteiger partial charge in [0.15, 0.2) is 0 Å². The Kier molecular flexibility index (Phi) is 6.80. The highest BCUT2D eigenvalue weighted by Gasteiger charge is 2.16. The van der Waals surface area contributed by atoms with Crippen molar-refractivity contribution < 1.29 is 9.53 Å². The van der Waals surface area contributed by atoms with E-state index in [9.17, 15) is 4.79 Å². The van der Waals surface area contributed by atoms with Crippen LogP contribution in [0.15, 0.2) is 60.7 Å². The first-order valence-corrected chi connectivity index (χ1v) is 8.53. The number of hydrogen-bond donors (Lipinski definition) is 0. The van der Waals surface area contributed by atoms with Crippen molar-refractivity contribution in [1.29, 1.82) is 0 Å². The Balaban J connectivity index is 1.84. The number of carbonyl (C=O) groups is 1. The molecule has 0 saturated carbocycles. The third-order valence-corrected chi connectivity index (χ3v) is 3.91. The van der Waals surface area contributed by atoms with E-state index in [2.05, 4.69) is 26.0 Å². The molecule has 0 heterocycles. The summed E-state index contributed by atoms with van der Waals surface area (Å²) in [5.41, 5.74) is 3.40. The highest BCUT2D eigenvalue weighted by molar-refractivity contribution is 5.77. The van der Waals surface area contributed by atoms with Crippen LogP contribution in [-0.4, -0.2) is 12.6 Å². The Morgan fingerprint density at radius 3 is 2.29 bits per heavy atom. The average Bonchev–Trinajstić information content (AvgIpc) is 2.59. The molecule has 0 amide bonds. The minimum atomic E-state index is -0.247. The number of carbonyl (C=O) groups excluding carboxylic acids is 1. The van der Waals surface area contributed by atoms with E-state index in [0.29, 0.717) is 12.5 Å². The summed E-state index contributed by atoms with van der Waals surface area (Å²) in [7, 11) is 0. The number of esters is 1. The molecule has 126 valence electrons. The number of rotatable bonds is 7. The maximum atomic E-state index is 12.2. The average molecular weight is 322 g/mol. The quantitative estimate of drug-likeness (QED) is 0.651. The van der Waals surface area contributed by atoms with Crippen molar-refractivity contribution in [3.05, 3.63) is 77.4 Å². The molecule has 2 rings (SSSR count). The number of ether oxygens (including phenoxy) is 1. The zero-order valence-corrected chi connectivity index (χ0v) is 14.7. The first kappa shape index (κ1) is 18.0. The largest absolute Gasteiger partial charge is 0.461 e. The third kappa shape index (κ3) is 5.69. The Labute approximate surface area is 145 Å². The van der Waals surface area contributed by atoms with Crippen LogP contribution in [0.3, 0.4) is 0 Å². The Hall–Kier alpha value is -2.35. The van der Waals surface area contributed by atoms with Gasteiger partial charge in [-0.25, -0.2) is 0 Å². The van der Waals surface area contributed by atoms with E-state index in [1.54, 1.807) is 0 Å². The van der Waals surface area contributed by atoms with Crippen molar-refractivity contribution in [2.75, 3.05) is 6.61 Å². The molecule has 0 N–H and O–H groups in total. The summed E-state index contributed by atoms with van der Waals surface area (Å²) < 4.78 is 5.35. The summed E-state index contributed by atoms with van der Waals surface area (Å²) in [5.74, 6) is 0.196. The van der Waals surface area contributed by atoms with Gasteiger partial charge in [-0.2, -0.15) is 0 Å². The van der Waals surface area contributed by atoms with Crippen LogP contribution >= 0.6 is 0 Å². The lowest BCUT2D eigenvalue weighted by Crippen LogP contribution is -2.13. The lowest BCUT2D eigenvalue weighted by Gasteiger charge is -2.12. The molecule has 2 aromatic carbocycles. The maximum Gasteiger partial charge on any atom is 0.313 e. The second-order valence-electron chi connectivity index (χ2n) is 6.50. The van der Waals surface area contributed by atoms with Crippen molar-refractivity contribution in [3.8, 4) is 0 Å². The van der Waals surface area contributed by atoms with Crippen molar-refractivity contribution in [1.82, 2.24) is 0 Å². The predicted octanol–water partition coefficient (Wildman–Crippen LogP) is 5.25. The molecule has 2 nitrogen and oxygen atoms in total. The van der Waals surface area contributed by atoms with E-state index in [0.717, 1.165) is 17.5 Å². The fourth-order valence-corrected chi connectivity index (χ4v) is 2.55.